The molecular weight excluding hydrogens is 278 g/mol. The van der Waals surface area contributed by atoms with E-state index in [1.807, 2.05) is 30.3 Å². The van der Waals surface area contributed by atoms with Gasteiger partial charge in [-0.2, -0.15) is 0 Å². The number of hydrogen-bond donors (Lipinski definition) is 1. The number of benzene rings is 1. The van der Waals surface area contributed by atoms with Gasteiger partial charge < -0.3 is 9.40 Å². The second kappa shape index (κ2) is 4.93. The van der Waals surface area contributed by atoms with Crippen LogP contribution < -0.4 is 5.56 Å². The van der Waals surface area contributed by atoms with E-state index < -0.39 is 0 Å². The van der Waals surface area contributed by atoms with Crippen LogP contribution in [0.3, 0.4) is 0 Å². The van der Waals surface area contributed by atoms with E-state index >= 15 is 0 Å². The van der Waals surface area contributed by atoms with Crippen LogP contribution in [0.2, 0.25) is 0 Å². The topological polar surface area (TPSA) is 63.8 Å². The molecule has 5 nitrogen and oxygen atoms in total. The Hall–Kier alpha value is -3.26. The van der Waals surface area contributed by atoms with Crippen LogP contribution in [0.15, 0.2) is 58.0 Å². The summed E-state index contributed by atoms with van der Waals surface area (Å²) in [6, 6.07) is 14.2. The van der Waals surface area contributed by atoms with Crippen LogP contribution >= 0.6 is 0 Å². The quantitative estimate of drug-likeness (QED) is 0.630. The number of H-pyrrole nitrogens is 1. The van der Waals surface area contributed by atoms with Crippen LogP contribution in [-0.2, 0) is 6.42 Å². The predicted octanol–water partition coefficient (Wildman–Crippen LogP) is 2.45. The molecule has 2 aliphatic heterocycles. The molecule has 2 aliphatic rings. The first kappa shape index (κ1) is 12.5. The standard InChI is InChI=1S/C17H11N3O2/c21-17-14(9-13-7-4-8-22-13)19-16-10-18-15(11-20(16)17)12-5-2-1-3-6-12/h1-3,5-7,10-11,18H,9H2. The summed E-state index contributed by atoms with van der Waals surface area (Å²) in [6.45, 7) is 0. The van der Waals surface area contributed by atoms with Crippen LogP contribution in [-0.4, -0.2) is 14.5 Å². The Morgan fingerprint density at radius 1 is 1.27 bits per heavy atom. The van der Waals surface area contributed by atoms with Gasteiger partial charge in [-0.15, -0.1) is 0 Å². The predicted molar refractivity (Wildman–Crippen MR) is 80.0 cm³/mol. The summed E-state index contributed by atoms with van der Waals surface area (Å²) in [5.74, 6) is 1.20. The minimum absolute atomic E-state index is 0.141. The second-order valence-corrected chi connectivity index (χ2v) is 4.93. The molecule has 0 fully saturated rings. The highest BCUT2D eigenvalue weighted by atomic mass is 16.3. The number of imidazole rings is 1. The molecule has 0 aliphatic carbocycles. The molecule has 3 heterocycles. The number of nitrogens with zero attached hydrogens (tertiary/aromatic N) is 2. The Labute approximate surface area is 126 Å². The van der Waals surface area contributed by atoms with E-state index in [4.69, 9.17) is 4.42 Å². The summed E-state index contributed by atoms with van der Waals surface area (Å²) in [5.41, 5.74) is 2.16. The average molecular weight is 289 g/mol. The van der Waals surface area contributed by atoms with Crippen molar-refractivity contribution in [3.63, 3.8) is 0 Å². The first-order valence-electron chi connectivity index (χ1n) is 6.83. The fourth-order valence-corrected chi connectivity index (χ4v) is 2.40. The zero-order chi connectivity index (χ0) is 14.9. The minimum Gasteiger partial charge on any atom is -0.411 e. The van der Waals surface area contributed by atoms with Crippen LogP contribution in [0.1, 0.15) is 11.5 Å². The lowest BCUT2D eigenvalue weighted by Crippen LogP contribution is -2.15. The van der Waals surface area contributed by atoms with Crippen molar-refractivity contribution in [2.24, 2.45) is 0 Å². The van der Waals surface area contributed by atoms with Crippen molar-refractivity contribution in [1.82, 2.24) is 14.5 Å². The first-order chi connectivity index (χ1) is 10.8. The number of rotatable bonds is 3. The van der Waals surface area contributed by atoms with E-state index in [1.54, 1.807) is 23.0 Å². The summed E-state index contributed by atoms with van der Waals surface area (Å²) < 4.78 is 6.65. The van der Waals surface area contributed by atoms with Gasteiger partial charge in [-0.1, -0.05) is 30.3 Å². The van der Waals surface area contributed by atoms with E-state index in [-0.39, 0.29) is 5.56 Å². The number of aromatic nitrogens is 3. The Bertz CT molecular complexity index is 920. The van der Waals surface area contributed by atoms with Crippen LogP contribution in [0.4, 0.5) is 0 Å². The number of aromatic amines is 1. The third kappa shape index (κ3) is 2.07. The number of hydrogen-bond acceptors (Lipinski definition) is 3. The Morgan fingerprint density at radius 2 is 2.14 bits per heavy atom. The third-order valence-corrected chi connectivity index (χ3v) is 3.48. The van der Waals surface area contributed by atoms with Gasteiger partial charge in [-0.05, 0) is 11.6 Å². The van der Waals surface area contributed by atoms with Gasteiger partial charge in [0.15, 0.2) is 5.82 Å². The summed E-state index contributed by atoms with van der Waals surface area (Å²) >= 11 is 0. The molecule has 106 valence electrons. The molecule has 1 N–H and O–H groups in total. The van der Waals surface area contributed by atoms with E-state index in [0.717, 1.165) is 11.3 Å². The van der Waals surface area contributed by atoms with Crippen molar-refractivity contribution in [3.05, 3.63) is 82.9 Å². The molecule has 5 heteroatoms. The number of nitrogens with one attached hydrogen (secondary N) is 1. The van der Waals surface area contributed by atoms with E-state index in [9.17, 15) is 4.79 Å². The van der Waals surface area contributed by atoms with Gasteiger partial charge in [0.05, 0.1) is 12.1 Å². The smallest absolute Gasteiger partial charge is 0.278 e. The van der Waals surface area contributed by atoms with Gasteiger partial charge in [0.2, 0.25) is 0 Å². The molecule has 0 radical (unpaired) electrons. The molecule has 0 bridgehead atoms. The van der Waals surface area contributed by atoms with Gasteiger partial charge >= 0.3 is 0 Å². The molecule has 0 amide bonds. The van der Waals surface area contributed by atoms with Crippen molar-refractivity contribution >= 4 is 0 Å². The fourth-order valence-electron chi connectivity index (χ4n) is 2.40. The van der Waals surface area contributed by atoms with Crippen molar-refractivity contribution < 1.29 is 4.42 Å². The Kier molecular flexibility index (Phi) is 2.80. The van der Waals surface area contributed by atoms with E-state index in [0.29, 0.717) is 23.7 Å². The molecule has 1 aromatic carbocycles. The second-order valence-electron chi connectivity index (χ2n) is 4.93. The minimum atomic E-state index is -0.141. The average Bonchev–Trinajstić information content (AvgIpc) is 3.17. The molecule has 4 rings (SSSR count). The molecule has 2 aromatic rings. The number of fused-ring (bicyclic) bond motifs is 1. The van der Waals surface area contributed by atoms with Gasteiger partial charge in [-0.3, -0.25) is 9.36 Å². The molecule has 22 heavy (non-hydrogen) atoms. The van der Waals surface area contributed by atoms with Crippen molar-refractivity contribution in [2.75, 3.05) is 0 Å². The summed E-state index contributed by atoms with van der Waals surface area (Å²) in [4.78, 5) is 20.0. The van der Waals surface area contributed by atoms with Crippen LogP contribution in [0, 0.1) is 12.3 Å². The molecule has 0 atom stereocenters. The lowest BCUT2D eigenvalue weighted by molar-refractivity contribution is 0.516. The first-order valence-corrected chi connectivity index (χ1v) is 6.83. The highest BCUT2D eigenvalue weighted by molar-refractivity contribution is 5.58. The van der Waals surface area contributed by atoms with E-state index in [2.05, 4.69) is 22.3 Å². The highest BCUT2D eigenvalue weighted by Crippen LogP contribution is 2.18. The molecule has 0 saturated heterocycles. The monoisotopic (exact) mass is 289 g/mol. The molecule has 1 aromatic heterocycles. The van der Waals surface area contributed by atoms with Gasteiger partial charge in [0.1, 0.15) is 17.7 Å². The fraction of sp³-hybridized carbons (Fsp3) is 0.0588. The summed E-state index contributed by atoms with van der Waals surface area (Å²) in [7, 11) is 0. The van der Waals surface area contributed by atoms with Crippen LogP contribution in [0.25, 0.3) is 17.1 Å². The zero-order valence-electron chi connectivity index (χ0n) is 11.5. The maximum Gasteiger partial charge on any atom is 0.278 e. The van der Waals surface area contributed by atoms with Crippen molar-refractivity contribution in [2.45, 2.75) is 6.42 Å². The lowest BCUT2D eigenvalue weighted by Gasteiger charge is -2.05. The third-order valence-electron chi connectivity index (χ3n) is 3.48. The Balaban J connectivity index is 1.79. The molecule has 0 unspecified atom stereocenters. The largest absolute Gasteiger partial charge is 0.411 e. The maximum atomic E-state index is 12.5. The maximum absolute atomic E-state index is 12.5. The molecular formula is C17H11N3O2. The SMILES string of the molecule is O=c1c(Cc2cc#co2)nc2c[nH]c(-c3ccccc3)cn1-2. The highest BCUT2D eigenvalue weighted by Gasteiger charge is 2.16. The van der Waals surface area contributed by atoms with Crippen LogP contribution in [0.5, 0.6) is 0 Å². The summed E-state index contributed by atoms with van der Waals surface area (Å²) in [5, 5.41) is 0. The van der Waals surface area contributed by atoms with Gasteiger partial charge in [0, 0.05) is 18.5 Å². The van der Waals surface area contributed by atoms with Crippen molar-refractivity contribution in [1.29, 1.82) is 0 Å². The molecule has 0 spiro atoms. The molecule has 0 saturated carbocycles. The normalized spacial score (nSPS) is 10.7. The van der Waals surface area contributed by atoms with E-state index in [1.165, 1.54) is 0 Å². The van der Waals surface area contributed by atoms with Crippen molar-refractivity contribution in [3.8, 4) is 17.1 Å². The zero-order valence-corrected chi connectivity index (χ0v) is 11.5. The lowest BCUT2D eigenvalue weighted by atomic mass is 10.2. The summed E-state index contributed by atoms with van der Waals surface area (Å²) in [6.07, 6.45) is 6.32. The Morgan fingerprint density at radius 3 is 2.91 bits per heavy atom. The van der Waals surface area contributed by atoms with Gasteiger partial charge in [0.25, 0.3) is 5.56 Å². The van der Waals surface area contributed by atoms with Gasteiger partial charge in [-0.25, -0.2) is 4.98 Å².